The Morgan fingerprint density at radius 1 is 0.571 bits per heavy atom. The molecule has 0 saturated heterocycles. The molecule has 0 amide bonds. The van der Waals surface area contributed by atoms with Gasteiger partial charge in [0.25, 0.3) is 5.82 Å². The summed E-state index contributed by atoms with van der Waals surface area (Å²) in [4.78, 5) is 0. The Labute approximate surface area is 218 Å². The van der Waals surface area contributed by atoms with Crippen molar-refractivity contribution in [2.45, 2.75) is 155 Å². The molecule has 198 valence electrons. The van der Waals surface area contributed by atoms with Crippen molar-refractivity contribution in [3.8, 4) is 0 Å². The zero-order valence-electron chi connectivity index (χ0n) is 23.5. The number of aryl methyl sites for hydroxylation is 1. The average molecular weight is 482 g/mol. The highest BCUT2D eigenvalue weighted by molar-refractivity contribution is 5.13. The number of aromatic nitrogens is 2. The summed E-state index contributed by atoms with van der Waals surface area (Å²) in [6.07, 6.45) is 32.6. The molecule has 1 heterocycles. The third-order valence-corrected chi connectivity index (χ3v) is 7.54. The number of benzene rings is 1. The smallest absolute Gasteiger partial charge is 0.234 e. The molecule has 2 aromatic rings. The predicted octanol–water partition coefficient (Wildman–Crippen LogP) is 9.82. The summed E-state index contributed by atoms with van der Waals surface area (Å²) in [7, 11) is 0. The summed E-state index contributed by atoms with van der Waals surface area (Å²) in [5.41, 5.74) is 1.40. The lowest BCUT2D eigenvalue weighted by Crippen LogP contribution is -2.37. The largest absolute Gasteiger partial charge is 0.256 e. The van der Waals surface area contributed by atoms with E-state index < -0.39 is 0 Å². The number of hydrogen-bond donors (Lipinski definition) is 0. The van der Waals surface area contributed by atoms with Gasteiger partial charge in [-0.1, -0.05) is 147 Å². The summed E-state index contributed by atoms with van der Waals surface area (Å²) in [6.45, 7) is 6.78. The van der Waals surface area contributed by atoms with E-state index in [4.69, 9.17) is 0 Å². The minimum Gasteiger partial charge on any atom is -0.234 e. The van der Waals surface area contributed by atoms with Crippen LogP contribution in [0.1, 0.15) is 147 Å². The molecule has 0 unspecified atom stereocenters. The normalized spacial score (nSPS) is 11.4. The van der Waals surface area contributed by atoms with Gasteiger partial charge in [-0.25, -0.2) is 9.13 Å². The van der Waals surface area contributed by atoms with Crippen LogP contribution in [0.3, 0.4) is 0 Å². The van der Waals surface area contributed by atoms with E-state index in [0.29, 0.717) is 0 Å². The fraction of sp³-hybridized carbons (Fsp3) is 0.727. The maximum Gasteiger partial charge on any atom is 0.256 e. The first-order valence-corrected chi connectivity index (χ1v) is 15.5. The van der Waals surface area contributed by atoms with Crippen molar-refractivity contribution in [1.29, 1.82) is 0 Å². The summed E-state index contributed by atoms with van der Waals surface area (Å²) >= 11 is 0. The van der Waals surface area contributed by atoms with Crippen LogP contribution in [0.5, 0.6) is 0 Å². The molecule has 35 heavy (non-hydrogen) atoms. The molecule has 0 atom stereocenters. The first kappa shape index (κ1) is 29.7. The topological polar surface area (TPSA) is 8.81 Å². The Hall–Kier alpha value is -1.57. The second-order valence-corrected chi connectivity index (χ2v) is 10.8. The van der Waals surface area contributed by atoms with Crippen molar-refractivity contribution in [2.24, 2.45) is 0 Å². The highest BCUT2D eigenvalue weighted by Crippen LogP contribution is 2.14. The van der Waals surface area contributed by atoms with E-state index in [2.05, 4.69) is 65.7 Å². The Balaban J connectivity index is 1.64. The second-order valence-electron chi connectivity index (χ2n) is 10.8. The molecule has 0 radical (unpaired) electrons. The van der Waals surface area contributed by atoms with E-state index in [-0.39, 0.29) is 0 Å². The summed E-state index contributed by atoms with van der Waals surface area (Å²) in [6, 6.07) is 10.9. The number of nitrogens with zero attached hydrogens (tertiary/aromatic N) is 2. The van der Waals surface area contributed by atoms with Crippen LogP contribution in [0.25, 0.3) is 0 Å². The van der Waals surface area contributed by atoms with E-state index in [1.807, 2.05) is 0 Å². The molecule has 0 fully saturated rings. The van der Waals surface area contributed by atoms with Crippen LogP contribution in [0.15, 0.2) is 42.7 Å². The number of hydrogen-bond acceptors (Lipinski definition) is 0. The van der Waals surface area contributed by atoms with Gasteiger partial charge in [-0.05, 0) is 24.8 Å². The average Bonchev–Trinajstić information content (AvgIpc) is 3.25. The second kappa shape index (κ2) is 20.6. The van der Waals surface area contributed by atoms with Gasteiger partial charge >= 0.3 is 0 Å². The molecule has 0 spiro atoms. The summed E-state index contributed by atoms with van der Waals surface area (Å²) < 4.78 is 5.06. The highest BCUT2D eigenvalue weighted by Gasteiger charge is 2.17. The van der Waals surface area contributed by atoms with E-state index in [1.165, 1.54) is 146 Å². The minimum atomic E-state index is 0.998. The first-order chi connectivity index (χ1) is 17.3. The lowest BCUT2D eigenvalue weighted by molar-refractivity contribution is -0.695. The van der Waals surface area contributed by atoms with Crippen molar-refractivity contribution in [3.05, 3.63) is 54.1 Å². The molecule has 0 aliphatic heterocycles. The lowest BCUT2D eigenvalue weighted by atomic mass is 10.0. The number of unbranched alkanes of at least 4 members (excludes halogenated alkanes) is 17. The van der Waals surface area contributed by atoms with Gasteiger partial charge in [0.2, 0.25) is 0 Å². The van der Waals surface area contributed by atoms with E-state index in [0.717, 1.165) is 6.54 Å². The fourth-order valence-corrected chi connectivity index (χ4v) is 5.28. The zero-order valence-corrected chi connectivity index (χ0v) is 23.5. The van der Waals surface area contributed by atoms with Crippen molar-refractivity contribution >= 4 is 0 Å². The molecule has 1 aromatic carbocycles. The third-order valence-electron chi connectivity index (χ3n) is 7.54. The first-order valence-electron chi connectivity index (χ1n) is 15.5. The molecule has 0 saturated carbocycles. The maximum atomic E-state index is 2.55. The molecule has 0 aliphatic rings. The lowest BCUT2D eigenvalue weighted by Gasteiger charge is -2.07. The van der Waals surface area contributed by atoms with E-state index in [9.17, 15) is 0 Å². The van der Waals surface area contributed by atoms with Crippen LogP contribution in [-0.4, -0.2) is 4.57 Å². The van der Waals surface area contributed by atoms with Gasteiger partial charge in [-0.15, -0.1) is 0 Å². The van der Waals surface area contributed by atoms with Gasteiger partial charge in [0.1, 0.15) is 18.9 Å². The van der Waals surface area contributed by atoms with E-state index >= 15 is 0 Å². The third kappa shape index (κ3) is 13.9. The number of rotatable bonds is 23. The Kier molecular flexibility index (Phi) is 17.5. The van der Waals surface area contributed by atoms with Crippen molar-refractivity contribution in [1.82, 2.24) is 4.57 Å². The molecule has 0 bridgehead atoms. The van der Waals surface area contributed by atoms with Gasteiger partial charge in [0.05, 0.1) is 6.54 Å². The van der Waals surface area contributed by atoms with Gasteiger partial charge in [0, 0.05) is 6.42 Å². The molecule has 2 nitrogen and oxygen atoms in total. The molecule has 2 rings (SSSR count). The molecular weight excluding hydrogens is 424 g/mol. The SMILES string of the molecule is CCCCCCCCCCCCCCCCc1n(CCCCCCC)cc[n+]1Cc1ccccc1. The zero-order chi connectivity index (χ0) is 24.8. The van der Waals surface area contributed by atoms with Crippen LogP contribution < -0.4 is 4.57 Å². The quantitative estimate of drug-likeness (QED) is 0.110. The molecular formula is C33H57N2+. The number of imidazole rings is 1. The molecule has 1 aromatic heterocycles. The Bertz CT molecular complexity index is 718. The monoisotopic (exact) mass is 481 g/mol. The van der Waals surface area contributed by atoms with Gasteiger partial charge in [0.15, 0.2) is 0 Å². The summed E-state index contributed by atoms with van der Waals surface area (Å²) in [5.74, 6) is 1.53. The van der Waals surface area contributed by atoms with Crippen molar-refractivity contribution < 1.29 is 4.57 Å². The minimum absolute atomic E-state index is 0.998. The predicted molar refractivity (Wildman–Crippen MR) is 153 cm³/mol. The molecule has 2 heteroatoms. The fourth-order valence-electron chi connectivity index (χ4n) is 5.28. The van der Waals surface area contributed by atoms with Gasteiger partial charge in [-0.2, -0.15) is 0 Å². The van der Waals surface area contributed by atoms with Gasteiger partial charge < -0.3 is 0 Å². The Morgan fingerprint density at radius 2 is 1.06 bits per heavy atom. The van der Waals surface area contributed by atoms with Crippen LogP contribution in [-0.2, 0) is 19.5 Å². The van der Waals surface area contributed by atoms with E-state index in [1.54, 1.807) is 0 Å². The van der Waals surface area contributed by atoms with Crippen molar-refractivity contribution in [3.63, 3.8) is 0 Å². The molecule has 0 aliphatic carbocycles. The van der Waals surface area contributed by atoms with Gasteiger partial charge in [-0.3, -0.25) is 0 Å². The Morgan fingerprint density at radius 3 is 1.60 bits per heavy atom. The van der Waals surface area contributed by atoms with Crippen LogP contribution >= 0.6 is 0 Å². The van der Waals surface area contributed by atoms with Crippen LogP contribution in [0, 0.1) is 0 Å². The highest BCUT2D eigenvalue weighted by atomic mass is 15.1. The van der Waals surface area contributed by atoms with Crippen molar-refractivity contribution in [2.75, 3.05) is 0 Å². The van der Waals surface area contributed by atoms with Crippen LogP contribution in [0.2, 0.25) is 0 Å². The molecule has 0 N–H and O–H groups in total. The maximum absolute atomic E-state index is 2.55. The van der Waals surface area contributed by atoms with Crippen LogP contribution in [0.4, 0.5) is 0 Å². The summed E-state index contributed by atoms with van der Waals surface area (Å²) in [5, 5.41) is 0. The standard InChI is InChI=1S/C33H57N2/c1-3-5-7-9-10-11-12-13-14-15-16-17-18-23-27-33-34(28-24-19-8-6-4-2)29-30-35(33)31-32-25-21-20-22-26-32/h20-22,25-26,29-30H,3-19,23-24,27-28,31H2,1-2H3/q+1.